The first-order valence-corrected chi connectivity index (χ1v) is 11.3. The van der Waals surface area contributed by atoms with Gasteiger partial charge in [0.15, 0.2) is 16.7 Å². The minimum Gasteiger partial charge on any atom is -0.461 e. The van der Waals surface area contributed by atoms with Gasteiger partial charge in [0.2, 0.25) is 0 Å². The molecule has 5 heterocycles. The van der Waals surface area contributed by atoms with E-state index in [4.69, 9.17) is 14.4 Å². The standard InChI is InChI=1S/C20H22N6OS2/c1-12-13(2)28-18-16(12)19(22-15(21-18)11-26-8-4-5-9-26)29-20-24-23-17(25(20)3)14-7-6-10-27-14/h6-7,10H,4-5,8-9,11H2,1-3H3. The first kappa shape index (κ1) is 18.8. The Morgan fingerprint density at radius 1 is 1.17 bits per heavy atom. The Morgan fingerprint density at radius 2 is 2.00 bits per heavy atom. The molecule has 0 atom stereocenters. The Morgan fingerprint density at radius 3 is 2.76 bits per heavy atom. The highest BCUT2D eigenvalue weighted by molar-refractivity contribution is 7.99. The van der Waals surface area contributed by atoms with Gasteiger partial charge in [0, 0.05) is 17.3 Å². The van der Waals surface area contributed by atoms with Gasteiger partial charge in [0.05, 0.1) is 12.8 Å². The van der Waals surface area contributed by atoms with E-state index in [1.54, 1.807) is 29.4 Å². The van der Waals surface area contributed by atoms with E-state index in [9.17, 15) is 0 Å². The fourth-order valence-corrected chi connectivity index (χ4v) is 5.74. The van der Waals surface area contributed by atoms with E-state index < -0.39 is 0 Å². The second kappa shape index (κ2) is 7.55. The van der Waals surface area contributed by atoms with Crippen molar-refractivity contribution in [1.82, 2.24) is 29.6 Å². The monoisotopic (exact) mass is 426 g/mol. The SMILES string of the molecule is Cc1sc2nc(CN3CCCC3)nc(Sc3nnc(-c4ccco4)n3C)c2c1C. The number of hydrogen-bond donors (Lipinski definition) is 0. The lowest BCUT2D eigenvalue weighted by molar-refractivity contribution is 0.322. The van der Waals surface area contributed by atoms with Crippen LogP contribution < -0.4 is 0 Å². The molecule has 7 nitrogen and oxygen atoms in total. The summed E-state index contributed by atoms with van der Waals surface area (Å²) in [6.45, 7) is 7.35. The molecule has 0 unspecified atom stereocenters. The van der Waals surface area contributed by atoms with Crippen LogP contribution in [0.4, 0.5) is 0 Å². The fourth-order valence-electron chi connectivity index (χ4n) is 3.65. The molecule has 1 aliphatic heterocycles. The molecule has 5 rings (SSSR count). The van der Waals surface area contributed by atoms with Crippen LogP contribution in [0.15, 0.2) is 33.0 Å². The average Bonchev–Trinajstić information content (AvgIpc) is 3.47. The maximum atomic E-state index is 5.49. The van der Waals surface area contributed by atoms with E-state index in [2.05, 4.69) is 28.9 Å². The maximum absolute atomic E-state index is 5.49. The summed E-state index contributed by atoms with van der Waals surface area (Å²) >= 11 is 3.29. The van der Waals surface area contributed by atoms with Crippen molar-refractivity contribution in [2.75, 3.05) is 13.1 Å². The van der Waals surface area contributed by atoms with Gasteiger partial charge in [-0.25, -0.2) is 9.97 Å². The molecule has 4 aromatic heterocycles. The van der Waals surface area contributed by atoms with E-state index in [1.807, 2.05) is 23.7 Å². The van der Waals surface area contributed by atoms with Gasteiger partial charge in [0.1, 0.15) is 15.7 Å². The third kappa shape index (κ3) is 3.47. The Hall–Kier alpha value is -2.23. The van der Waals surface area contributed by atoms with Crippen molar-refractivity contribution in [1.29, 1.82) is 0 Å². The zero-order valence-electron chi connectivity index (χ0n) is 16.7. The Bertz CT molecular complexity index is 1160. The molecule has 9 heteroatoms. The van der Waals surface area contributed by atoms with Crippen molar-refractivity contribution >= 4 is 33.3 Å². The fraction of sp³-hybridized carbons (Fsp3) is 0.400. The van der Waals surface area contributed by atoms with Gasteiger partial charge in [-0.15, -0.1) is 21.5 Å². The molecule has 0 bridgehead atoms. The van der Waals surface area contributed by atoms with E-state index in [0.29, 0.717) is 11.6 Å². The van der Waals surface area contributed by atoms with Crippen LogP contribution in [0.25, 0.3) is 21.8 Å². The zero-order chi connectivity index (χ0) is 20.0. The van der Waals surface area contributed by atoms with Crippen molar-refractivity contribution in [3.8, 4) is 11.6 Å². The Kier molecular flexibility index (Phi) is 4.89. The molecule has 29 heavy (non-hydrogen) atoms. The number of likely N-dealkylation sites (tertiary alicyclic amines) is 1. The largest absolute Gasteiger partial charge is 0.461 e. The summed E-state index contributed by atoms with van der Waals surface area (Å²) in [6, 6.07) is 3.74. The molecule has 150 valence electrons. The van der Waals surface area contributed by atoms with E-state index in [-0.39, 0.29) is 0 Å². The predicted octanol–water partition coefficient (Wildman–Crippen LogP) is 4.44. The number of nitrogens with zero attached hydrogens (tertiary/aromatic N) is 6. The predicted molar refractivity (Wildman–Crippen MR) is 114 cm³/mol. The lowest BCUT2D eigenvalue weighted by Gasteiger charge is -2.14. The van der Waals surface area contributed by atoms with Crippen LogP contribution in [-0.4, -0.2) is 42.7 Å². The quantitative estimate of drug-likeness (QED) is 0.437. The zero-order valence-corrected chi connectivity index (χ0v) is 18.3. The minimum absolute atomic E-state index is 0.706. The molecule has 0 radical (unpaired) electrons. The van der Waals surface area contributed by atoms with Crippen molar-refractivity contribution < 1.29 is 4.42 Å². The molecule has 0 aromatic carbocycles. The summed E-state index contributed by atoms with van der Waals surface area (Å²) in [5, 5.41) is 11.6. The molecule has 1 aliphatic rings. The van der Waals surface area contributed by atoms with Crippen LogP contribution in [0, 0.1) is 13.8 Å². The molecule has 0 N–H and O–H groups in total. The lowest BCUT2D eigenvalue weighted by atomic mass is 10.2. The van der Waals surface area contributed by atoms with E-state index in [1.165, 1.54) is 23.3 Å². The van der Waals surface area contributed by atoms with Crippen molar-refractivity contribution in [3.63, 3.8) is 0 Å². The number of aryl methyl sites for hydroxylation is 2. The number of fused-ring (bicyclic) bond motifs is 1. The third-order valence-electron chi connectivity index (χ3n) is 5.37. The van der Waals surface area contributed by atoms with Crippen molar-refractivity contribution in [2.24, 2.45) is 7.05 Å². The molecule has 0 saturated carbocycles. The number of rotatable bonds is 5. The van der Waals surface area contributed by atoms with Crippen molar-refractivity contribution in [3.05, 3.63) is 34.7 Å². The van der Waals surface area contributed by atoms with Crippen LogP contribution in [0.1, 0.15) is 29.1 Å². The number of thiophene rings is 1. The second-order valence-corrected chi connectivity index (χ2v) is 9.50. The van der Waals surface area contributed by atoms with Crippen molar-refractivity contribution in [2.45, 2.75) is 43.4 Å². The minimum atomic E-state index is 0.706. The highest BCUT2D eigenvalue weighted by Crippen LogP contribution is 2.38. The second-order valence-electron chi connectivity index (χ2n) is 7.34. The molecule has 4 aromatic rings. The number of hydrogen-bond acceptors (Lipinski definition) is 8. The Labute approximate surface area is 177 Å². The summed E-state index contributed by atoms with van der Waals surface area (Å²) < 4.78 is 7.44. The van der Waals surface area contributed by atoms with Gasteiger partial charge in [0.25, 0.3) is 0 Å². The smallest absolute Gasteiger partial charge is 0.200 e. The lowest BCUT2D eigenvalue weighted by Crippen LogP contribution is -2.20. The first-order valence-electron chi connectivity index (χ1n) is 9.70. The Balaban J connectivity index is 1.54. The molecule has 1 fully saturated rings. The molecule has 0 spiro atoms. The van der Waals surface area contributed by atoms with Crippen LogP contribution in [0.2, 0.25) is 0 Å². The third-order valence-corrected chi connectivity index (χ3v) is 7.50. The van der Waals surface area contributed by atoms with Crippen LogP contribution >= 0.6 is 23.1 Å². The highest BCUT2D eigenvalue weighted by Gasteiger charge is 2.21. The first-order chi connectivity index (χ1) is 14.1. The summed E-state index contributed by atoms with van der Waals surface area (Å²) in [5.41, 5.74) is 1.24. The molecular weight excluding hydrogens is 404 g/mol. The molecule has 1 saturated heterocycles. The average molecular weight is 427 g/mol. The number of aromatic nitrogens is 5. The van der Waals surface area contributed by atoms with Crippen LogP contribution in [0.3, 0.4) is 0 Å². The van der Waals surface area contributed by atoms with E-state index in [0.717, 1.165) is 45.9 Å². The molecular formula is C20H22N6OS2. The normalized spacial score (nSPS) is 15.0. The van der Waals surface area contributed by atoms with Gasteiger partial charge in [-0.05, 0) is 69.2 Å². The summed E-state index contributed by atoms with van der Waals surface area (Å²) in [7, 11) is 1.95. The molecule has 0 amide bonds. The van der Waals surface area contributed by atoms with E-state index >= 15 is 0 Å². The van der Waals surface area contributed by atoms with Gasteiger partial charge in [-0.3, -0.25) is 4.90 Å². The summed E-state index contributed by atoms with van der Waals surface area (Å²) in [4.78, 5) is 14.6. The molecule has 0 aliphatic carbocycles. The van der Waals surface area contributed by atoms with Crippen LogP contribution in [-0.2, 0) is 13.6 Å². The number of furan rings is 1. The van der Waals surface area contributed by atoms with Gasteiger partial charge in [-0.2, -0.15) is 0 Å². The summed E-state index contributed by atoms with van der Waals surface area (Å²) in [5.74, 6) is 2.30. The van der Waals surface area contributed by atoms with Gasteiger partial charge < -0.3 is 8.98 Å². The highest BCUT2D eigenvalue weighted by atomic mass is 32.2. The summed E-state index contributed by atoms with van der Waals surface area (Å²) in [6.07, 6.45) is 4.16. The van der Waals surface area contributed by atoms with Gasteiger partial charge in [-0.1, -0.05) is 0 Å². The van der Waals surface area contributed by atoms with Gasteiger partial charge >= 0.3 is 0 Å². The topological polar surface area (TPSA) is 72.9 Å². The maximum Gasteiger partial charge on any atom is 0.200 e. The van der Waals surface area contributed by atoms with Crippen LogP contribution in [0.5, 0.6) is 0 Å².